The first kappa shape index (κ1) is 96.4. The van der Waals surface area contributed by atoms with Crippen LogP contribution in [0.15, 0.2) is 411 Å². The normalized spacial score (nSPS) is 11.9. The number of nitrogens with one attached hydrogen (secondary N) is 4. The summed E-state index contributed by atoms with van der Waals surface area (Å²) in [5.74, 6) is 0.352. The highest BCUT2D eigenvalue weighted by atomic mass is 19.1. The summed E-state index contributed by atoms with van der Waals surface area (Å²) in [7, 11) is 0. The lowest BCUT2D eigenvalue weighted by atomic mass is 10.1. The Morgan fingerprint density at radius 2 is 0.722 bits per heavy atom. The molecule has 1 aliphatic rings. The Morgan fingerprint density at radius 1 is 0.361 bits per heavy atom. The monoisotopic (exact) mass is 1910 g/mol. The molecule has 9 heterocycles. The molecule has 0 unspecified atom stereocenters. The van der Waals surface area contributed by atoms with Crippen molar-refractivity contribution in [3.8, 4) is 57.1 Å². The number of hydrogen-bond acceptors (Lipinski definition) is 16. The number of ether oxygens (including phenoxy) is 3. The molecule has 11 aromatic carbocycles. The maximum atomic E-state index is 14.1. The number of amides is 5. The number of rotatable bonds is 27. The smallest absolute Gasteiger partial charge is 0.338 e. The van der Waals surface area contributed by atoms with E-state index in [1.807, 2.05) is 147 Å². The Kier molecular flexibility index (Phi) is 29.5. The molecule has 0 saturated carbocycles. The number of aromatic nitrogens is 12. The number of pyridine rings is 4. The molecule has 29 nitrogen and oxygen atoms in total. The van der Waals surface area contributed by atoms with Gasteiger partial charge < -0.3 is 40.4 Å². The van der Waals surface area contributed by atoms with Crippen LogP contribution in [0.5, 0.6) is 17.2 Å². The summed E-state index contributed by atoms with van der Waals surface area (Å²) in [6.45, 7) is 22.4. The van der Waals surface area contributed by atoms with Gasteiger partial charge in [-0.05, 0) is 256 Å². The second kappa shape index (κ2) is 44.0. The van der Waals surface area contributed by atoms with Crippen molar-refractivity contribution in [2.75, 3.05) is 29.0 Å². The van der Waals surface area contributed by atoms with Gasteiger partial charge in [-0.15, -0.1) is 0 Å². The van der Waals surface area contributed by atoms with E-state index in [0.717, 1.165) is 50.3 Å². The van der Waals surface area contributed by atoms with E-state index >= 15 is 0 Å². The largest absolute Gasteiger partial charge is 0.489 e. The minimum absolute atomic E-state index is 0.0906. The van der Waals surface area contributed by atoms with Crippen molar-refractivity contribution in [2.24, 2.45) is 0 Å². The topological polar surface area (TPSA) is 324 Å². The number of benzene rings is 11. The summed E-state index contributed by atoms with van der Waals surface area (Å²) in [4.78, 5) is 133. The molecule has 716 valence electrons. The highest BCUT2D eigenvalue weighted by Crippen LogP contribution is 2.32. The van der Waals surface area contributed by atoms with Crippen LogP contribution < -0.4 is 58.2 Å². The van der Waals surface area contributed by atoms with Gasteiger partial charge >= 0.3 is 22.8 Å². The number of aryl methyl sites for hydroxylation is 3. The van der Waals surface area contributed by atoms with Crippen molar-refractivity contribution in [3.63, 3.8) is 0 Å². The Hall–Kier alpha value is -19.3. The molecule has 20 rings (SSSR count). The quantitative estimate of drug-likeness (QED) is 0.0348. The molecule has 0 radical (unpaired) electrons. The van der Waals surface area contributed by atoms with Crippen molar-refractivity contribution >= 4 is 90.7 Å². The van der Waals surface area contributed by atoms with Crippen LogP contribution in [-0.4, -0.2) is 104 Å². The predicted molar refractivity (Wildman–Crippen MR) is 556 cm³/mol. The highest BCUT2D eigenvalue weighted by Gasteiger charge is 2.31. The number of halogens is 1. The maximum absolute atomic E-state index is 14.1. The summed E-state index contributed by atoms with van der Waals surface area (Å²) >= 11 is 0. The van der Waals surface area contributed by atoms with Crippen LogP contribution in [0.1, 0.15) is 61.8 Å². The van der Waals surface area contributed by atoms with Crippen LogP contribution in [-0.2, 0) is 45.5 Å². The van der Waals surface area contributed by atoms with Crippen molar-refractivity contribution in [1.29, 1.82) is 0 Å². The molecule has 1 aliphatic heterocycles. The Labute approximate surface area is 824 Å². The van der Waals surface area contributed by atoms with E-state index in [4.69, 9.17) is 14.2 Å². The molecule has 1 atom stereocenters. The van der Waals surface area contributed by atoms with Crippen LogP contribution in [0.25, 0.3) is 83.9 Å². The first-order valence-electron chi connectivity index (χ1n) is 45.9. The van der Waals surface area contributed by atoms with E-state index in [1.54, 1.807) is 231 Å². The summed E-state index contributed by atoms with van der Waals surface area (Å²) in [5.41, 5.74) is 17.8. The third-order valence-corrected chi connectivity index (χ3v) is 23.9. The molecular weight excluding hydrogens is 1820 g/mol. The molecule has 4 N–H and O–H groups in total. The molecule has 8 aromatic heterocycles. The number of fused-ring (bicyclic) bond motifs is 4. The van der Waals surface area contributed by atoms with Crippen LogP contribution in [0.2, 0.25) is 0 Å². The SMILES string of the molecule is C=CC(=O)N1CC[C@@H](n2c(=O)n(-c3ccc(OCc4ccccc4)cc3)c3cnccc32)C1.C=CC(=O)Nc1cccc(-n2c(=O)n(-c3ccc(C(=O)NCc4ccc(C)cc4)cc3)c3cnccc32)c1.C=CC(=O)Nc1cccc(-n2c(=O)n(-c3ccc(OCc4ccc(C)cc4)cc3)c3cnccc32)c1.C=CC(=O)Nc1cccc(-n2c(=O)n(-c3ccc(OCc4ccc(C)cc4F)cc3)c3cnccc32)c1. The maximum Gasteiger partial charge on any atom is 0.338 e. The van der Waals surface area contributed by atoms with Gasteiger partial charge in [-0.25, -0.2) is 23.6 Å². The first-order chi connectivity index (χ1) is 70.1. The van der Waals surface area contributed by atoms with E-state index in [9.17, 15) is 47.5 Å². The van der Waals surface area contributed by atoms with E-state index < -0.39 is 0 Å². The summed E-state index contributed by atoms with van der Waals surface area (Å²) < 4.78 is 44.6. The van der Waals surface area contributed by atoms with Crippen molar-refractivity contribution in [1.82, 2.24) is 66.7 Å². The average Bonchev–Trinajstić information content (AvgIpc) is 1.62. The Morgan fingerprint density at radius 3 is 1.12 bits per heavy atom. The zero-order chi connectivity index (χ0) is 100. The second-order valence-corrected chi connectivity index (χ2v) is 33.6. The molecule has 144 heavy (non-hydrogen) atoms. The zero-order valence-corrected chi connectivity index (χ0v) is 78.6. The Bertz CT molecular complexity index is 8310. The van der Waals surface area contributed by atoms with Gasteiger partial charge in [0.2, 0.25) is 23.6 Å². The lowest BCUT2D eigenvalue weighted by Gasteiger charge is -2.15. The van der Waals surface area contributed by atoms with E-state index in [0.29, 0.717) is 146 Å². The van der Waals surface area contributed by atoms with Gasteiger partial charge in [0.25, 0.3) is 5.91 Å². The summed E-state index contributed by atoms with van der Waals surface area (Å²) in [6.07, 6.45) is 18.8. The fourth-order valence-corrected chi connectivity index (χ4v) is 16.7. The number of anilines is 3. The predicted octanol–water partition coefficient (Wildman–Crippen LogP) is 18.8. The fraction of sp³-hybridized carbons (Fsp3) is 0.0965. The molecule has 19 aromatic rings. The van der Waals surface area contributed by atoms with E-state index in [-0.39, 0.29) is 70.8 Å². The summed E-state index contributed by atoms with van der Waals surface area (Å²) in [6, 6.07) is 88.1. The molecule has 1 saturated heterocycles. The standard InChI is InChI=1S/C30H25N5O3.C29H23FN4O3.C29H24N4O3.C26H24N4O3/c1-3-28(36)33-23-5-4-6-25(17-23)35-26-15-16-31-19-27(26)34(30(35)38)24-13-11-22(12-14-24)29(37)32-18-21-9-7-20(2)8-10-21;1-3-28(35)32-21-5-4-6-23(16-21)34-26-13-14-31-17-27(26)33(29(34)36)22-9-11-24(12-10-22)37-18-20-8-7-19(2)15-25(20)30;1-3-28(34)31-22-5-4-6-24(17-22)33-26-15-16-30-18-27(26)32(29(33)35)23-11-13-25(14-12-23)36-19-21-9-7-20(2)8-10-21;1-2-25(31)28-15-13-21(17-28)30-23-12-14-27-16-24(23)29(26(30)32)20-8-10-22(11-9-20)33-18-19-6-4-3-5-7-19/h3-17,19H,1,18H2,2H3,(H,32,37)(H,33,36);3-17H,1,18H2,2H3,(H,32,35);3-18H,1,19H2,2H3,(H,31,34);2-12,14,16,21H,1,13,15,17-18H2/t;;;21-/m...1/s1. The third-order valence-electron chi connectivity index (χ3n) is 23.9. The van der Waals surface area contributed by atoms with Gasteiger partial charge in [0.05, 0.1) is 115 Å². The van der Waals surface area contributed by atoms with Gasteiger partial charge in [0, 0.05) is 72.6 Å². The highest BCUT2D eigenvalue weighted by molar-refractivity contribution is 6.01. The van der Waals surface area contributed by atoms with E-state index in [2.05, 4.69) is 86.6 Å². The fourth-order valence-electron chi connectivity index (χ4n) is 16.7. The summed E-state index contributed by atoms with van der Waals surface area (Å²) in [5, 5.41) is 11.1. The van der Waals surface area contributed by atoms with Gasteiger partial charge in [0.15, 0.2) is 0 Å². The molecule has 0 spiro atoms. The molecule has 0 aliphatic carbocycles. The minimum atomic E-state index is -0.344. The number of imidazole rings is 4. The van der Waals surface area contributed by atoms with Crippen molar-refractivity contribution < 1.29 is 42.6 Å². The van der Waals surface area contributed by atoms with Gasteiger partial charge in [-0.3, -0.25) is 80.4 Å². The number of hydrogen-bond donors (Lipinski definition) is 4. The van der Waals surface area contributed by atoms with Crippen LogP contribution in [0.4, 0.5) is 21.5 Å². The van der Waals surface area contributed by atoms with Gasteiger partial charge in [0.1, 0.15) is 42.9 Å². The van der Waals surface area contributed by atoms with Crippen LogP contribution >= 0.6 is 0 Å². The molecule has 30 heteroatoms. The number of nitrogens with zero attached hydrogens (tertiary/aromatic N) is 13. The van der Waals surface area contributed by atoms with Gasteiger partial charge in [-0.2, -0.15) is 0 Å². The van der Waals surface area contributed by atoms with Crippen LogP contribution in [0.3, 0.4) is 0 Å². The van der Waals surface area contributed by atoms with Crippen molar-refractivity contribution in [3.05, 3.63) is 484 Å². The number of carbonyl (C=O) groups is 5. The molecule has 0 bridgehead atoms. The molecule has 5 amide bonds. The lowest BCUT2D eigenvalue weighted by Crippen LogP contribution is -2.31. The van der Waals surface area contributed by atoms with E-state index in [1.165, 1.54) is 35.9 Å². The molecule has 1 fully saturated rings. The average molecular weight is 1920 g/mol. The molecular formula is C114H96FN17O12. The first-order valence-corrected chi connectivity index (χ1v) is 45.9. The van der Waals surface area contributed by atoms with Gasteiger partial charge in [-0.1, -0.05) is 147 Å². The number of likely N-dealkylation sites (tertiary alicyclic amines) is 1. The second-order valence-electron chi connectivity index (χ2n) is 33.6. The zero-order valence-electron chi connectivity index (χ0n) is 78.6. The minimum Gasteiger partial charge on any atom is -0.489 e. The third kappa shape index (κ3) is 21.8. The number of carbonyl (C=O) groups excluding carboxylic acids is 5. The van der Waals surface area contributed by atoms with Crippen LogP contribution in [0, 0.1) is 26.6 Å². The Balaban J connectivity index is 0.000000132. The lowest BCUT2D eigenvalue weighted by molar-refractivity contribution is -0.125. The van der Waals surface area contributed by atoms with Crippen molar-refractivity contribution in [2.45, 2.75) is 59.6 Å².